The molecule has 1 aromatic carbocycles. The molecule has 0 atom stereocenters. The number of carbonyl (C=O) groups is 1. The van der Waals surface area contributed by atoms with Gasteiger partial charge >= 0.3 is 0 Å². The van der Waals surface area contributed by atoms with E-state index in [-0.39, 0.29) is 11.6 Å². The van der Waals surface area contributed by atoms with Crippen molar-refractivity contribution in [2.24, 2.45) is 0 Å². The first-order valence-corrected chi connectivity index (χ1v) is 6.61. The molecule has 0 saturated heterocycles. The van der Waals surface area contributed by atoms with Crippen molar-refractivity contribution in [3.8, 4) is 0 Å². The molecule has 1 aliphatic rings. The summed E-state index contributed by atoms with van der Waals surface area (Å²) in [4.78, 5) is 11.7. The molecular formula is C14H19FN2O2. The van der Waals surface area contributed by atoms with Gasteiger partial charge in [-0.25, -0.2) is 4.39 Å². The van der Waals surface area contributed by atoms with E-state index in [1.165, 1.54) is 24.6 Å². The fraction of sp³-hybridized carbons (Fsp3) is 0.500. The van der Waals surface area contributed by atoms with Gasteiger partial charge in [0.15, 0.2) is 0 Å². The van der Waals surface area contributed by atoms with Gasteiger partial charge in [-0.15, -0.1) is 0 Å². The second-order valence-corrected chi connectivity index (χ2v) is 4.81. The van der Waals surface area contributed by atoms with Crippen LogP contribution in [0.1, 0.15) is 32.1 Å². The number of hydrogen-bond donors (Lipinski definition) is 2. The van der Waals surface area contributed by atoms with E-state index in [4.69, 9.17) is 10.5 Å². The van der Waals surface area contributed by atoms with Gasteiger partial charge in [0, 0.05) is 13.0 Å². The minimum atomic E-state index is -0.413. The lowest BCUT2D eigenvalue weighted by Crippen LogP contribution is -2.22. The summed E-state index contributed by atoms with van der Waals surface area (Å²) in [5.41, 5.74) is 6.30. The zero-order valence-electron chi connectivity index (χ0n) is 10.8. The van der Waals surface area contributed by atoms with Crippen LogP contribution in [0.25, 0.3) is 0 Å². The Morgan fingerprint density at radius 2 is 2.26 bits per heavy atom. The van der Waals surface area contributed by atoms with Crippen LogP contribution in [0, 0.1) is 5.82 Å². The van der Waals surface area contributed by atoms with Crippen molar-refractivity contribution in [1.82, 2.24) is 0 Å². The highest BCUT2D eigenvalue weighted by Gasteiger charge is 2.17. The number of nitrogens with two attached hydrogens (primary N) is 1. The number of hydrogen-bond acceptors (Lipinski definition) is 3. The van der Waals surface area contributed by atoms with Crippen molar-refractivity contribution >= 4 is 17.3 Å². The van der Waals surface area contributed by atoms with E-state index in [1.807, 2.05) is 0 Å². The van der Waals surface area contributed by atoms with E-state index in [9.17, 15) is 9.18 Å². The Labute approximate surface area is 112 Å². The predicted molar refractivity (Wildman–Crippen MR) is 72.3 cm³/mol. The third kappa shape index (κ3) is 4.21. The number of nitrogens with one attached hydrogen (secondary N) is 1. The summed E-state index contributed by atoms with van der Waals surface area (Å²) in [7, 11) is 0. The van der Waals surface area contributed by atoms with Crippen LogP contribution >= 0.6 is 0 Å². The smallest absolute Gasteiger partial charge is 0.224 e. The molecule has 1 amide bonds. The van der Waals surface area contributed by atoms with E-state index < -0.39 is 5.82 Å². The summed E-state index contributed by atoms with van der Waals surface area (Å²) >= 11 is 0. The van der Waals surface area contributed by atoms with Gasteiger partial charge in [-0.1, -0.05) is 0 Å². The molecule has 0 bridgehead atoms. The first-order chi connectivity index (χ1) is 9.15. The molecule has 0 aromatic heterocycles. The number of carbonyl (C=O) groups excluding carboxylic acids is 1. The lowest BCUT2D eigenvalue weighted by atomic mass is 9.96. The highest BCUT2D eigenvalue weighted by atomic mass is 19.1. The molecule has 0 unspecified atom stereocenters. The van der Waals surface area contributed by atoms with Crippen LogP contribution in [0.2, 0.25) is 0 Å². The van der Waals surface area contributed by atoms with E-state index in [0.29, 0.717) is 31.2 Å². The molecule has 0 radical (unpaired) electrons. The Morgan fingerprint density at radius 3 is 2.89 bits per heavy atom. The highest BCUT2D eigenvalue weighted by Crippen LogP contribution is 2.22. The zero-order chi connectivity index (χ0) is 13.7. The molecule has 0 aliphatic heterocycles. The lowest BCUT2D eigenvalue weighted by Gasteiger charge is -2.25. The van der Waals surface area contributed by atoms with Crippen molar-refractivity contribution < 1.29 is 13.9 Å². The molecule has 0 spiro atoms. The summed E-state index contributed by atoms with van der Waals surface area (Å²) in [6.45, 7) is 0.608. The topological polar surface area (TPSA) is 64.3 Å². The van der Waals surface area contributed by atoms with Crippen LogP contribution in [-0.2, 0) is 9.53 Å². The summed E-state index contributed by atoms with van der Waals surface area (Å²) < 4.78 is 18.4. The Kier molecular flexibility index (Phi) is 4.74. The molecular weight excluding hydrogens is 247 g/mol. The number of rotatable bonds is 6. The predicted octanol–water partition coefficient (Wildman–Crippen LogP) is 2.70. The molecule has 0 heterocycles. The summed E-state index contributed by atoms with van der Waals surface area (Å²) in [5, 5.41) is 2.67. The van der Waals surface area contributed by atoms with Crippen molar-refractivity contribution in [2.45, 2.75) is 38.2 Å². The van der Waals surface area contributed by atoms with Gasteiger partial charge in [0.2, 0.25) is 5.91 Å². The molecule has 3 N–H and O–H groups in total. The van der Waals surface area contributed by atoms with Gasteiger partial charge in [-0.2, -0.15) is 0 Å². The number of ether oxygens (including phenoxy) is 1. The Balaban J connectivity index is 1.68. The minimum Gasteiger partial charge on any atom is -0.397 e. The summed E-state index contributed by atoms with van der Waals surface area (Å²) in [5.74, 6) is -0.542. The number of benzene rings is 1. The van der Waals surface area contributed by atoms with E-state index in [2.05, 4.69) is 5.32 Å². The molecule has 5 heteroatoms. The van der Waals surface area contributed by atoms with Gasteiger partial charge in [-0.05, 0) is 43.9 Å². The fourth-order valence-corrected chi connectivity index (χ4v) is 1.88. The van der Waals surface area contributed by atoms with Crippen molar-refractivity contribution in [2.75, 3.05) is 17.7 Å². The van der Waals surface area contributed by atoms with Crippen LogP contribution in [0.3, 0.4) is 0 Å². The van der Waals surface area contributed by atoms with Crippen LogP contribution in [-0.4, -0.2) is 18.6 Å². The SMILES string of the molecule is Nc1cc(F)ccc1NC(=O)CCCOC1CCC1. The number of amides is 1. The highest BCUT2D eigenvalue weighted by molar-refractivity contribution is 5.93. The van der Waals surface area contributed by atoms with Crippen molar-refractivity contribution in [3.63, 3.8) is 0 Å². The first kappa shape index (κ1) is 13.8. The van der Waals surface area contributed by atoms with E-state index >= 15 is 0 Å². The monoisotopic (exact) mass is 266 g/mol. The first-order valence-electron chi connectivity index (χ1n) is 6.61. The summed E-state index contributed by atoms with van der Waals surface area (Å²) in [6, 6.07) is 3.93. The maximum atomic E-state index is 12.8. The third-order valence-corrected chi connectivity index (χ3v) is 3.24. The number of anilines is 2. The molecule has 104 valence electrons. The van der Waals surface area contributed by atoms with Crippen LogP contribution < -0.4 is 11.1 Å². The van der Waals surface area contributed by atoms with Gasteiger partial charge in [0.1, 0.15) is 5.82 Å². The van der Waals surface area contributed by atoms with Crippen LogP contribution in [0.15, 0.2) is 18.2 Å². The summed E-state index contributed by atoms with van der Waals surface area (Å²) in [6.07, 6.45) is 4.98. The standard InChI is InChI=1S/C14H19FN2O2/c15-10-6-7-13(12(16)9-10)17-14(18)5-2-8-19-11-3-1-4-11/h6-7,9,11H,1-5,8,16H2,(H,17,18). The molecule has 1 aliphatic carbocycles. The van der Waals surface area contributed by atoms with Crippen molar-refractivity contribution in [1.29, 1.82) is 0 Å². The molecule has 1 fully saturated rings. The van der Waals surface area contributed by atoms with Crippen LogP contribution in [0.5, 0.6) is 0 Å². The average molecular weight is 266 g/mol. The van der Waals surface area contributed by atoms with E-state index in [1.54, 1.807) is 0 Å². The average Bonchev–Trinajstić information content (AvgIpc) is 2.30. The molecule has 1 aromatic rings. The van der Waals surface area contributed by atoms with Gasteiger partial charge in [-0.3, -0.25) is 4.79 Å². The van der Waals surface area contributed by atoms with Gasteiger partial charge in [0.25, 0.3) is 0 Å². The van der Waals surface area contributed by atoms with Gasteiger partial charge < -0.3 is 15.8 Å². The van der Waals surface area contributed by atoms with Crippen molar-refractivity contribution in [3.05, 3.63) is 24.0 Å². The number of nitrogen functional groups attached to an aromatic ring is 1. The second kappa shape index (κ2) is 6.52. The van der Waals surface area contributed by atoms with E-state index in [0.717, 1.165) is 12.8 Å². The second-order valence-electron chi connectivity index (χ2n) is 4.81. The van der Waals surface area contributed by atoms with Gasteiger partial charge in [0.05, 0.1) is 17.5 Å². The maximum Gasteiger partial charge on any atom is 0.224 e. The number of halogens is 1. The lowest BCUT2D eigenvalue weighted by molar-refractivity contribution is -0.116. The maximum absolute atomic E-state index is 12.8. The molecule has 19 heavy (non-hydrogen) atoms. The largest absolute Gasteiger partial charge is 0.397 e. The Hall–Kier alpha value is -1.62. The fourth-order valence-electron chi connectivity index (χ4n) is 1.88. The van der Waals surface area contributed by atoms with Crippen LogP contribution in [0.4, 0.5) is 15.8 Å². The Bertz CT molecular complexity index is 447. The molecule has 1 saturated carbocycles. The molecule has 2 rings (SSSR count). The molecule has 4 nitrogen and oxygen atoms in total. The normalized spacial score (nSPS) is 15.0. The zero-order valence-corrected chi connectivity index (χ0v) is 10.8. The Morgan fingerprint density at radius 1 is 1.47 bits per heavy atom. The third-order valence-electron chi connectivity index (χ3n) is 3.24. The quantitative estimate of drug-likeness (QED) is 0.614. The minimum absolute atomic E-state index is 0.129.